The van der Waals surface area contributed by atoms with Crippen LogP contribution >= 0.6 is 0 Å². The minimum atomic E-state index is 0.415. The van der Waals surface area contributed by atoms with Crippen LogP contribution in [0.25, 0.3) is 11.0 Å². The van der Waals surface area contributed by atoms with E-state index >= 15 is 0 Å². The van der Waals surface area contributed by atoms with Crippen LogP contribution in [0.5, 0.6) is 0 Å². The zero-order valence-electron chi connectivity index (χ0n) is 8.18. The monoisotopic (exact) mass is 216 g/mol. The highest BCUT2D eigenvalue weighted by atomic mass is 16.1. The SMILES string of the molecule is O=CNc1ccc2ccc(NC=O)nc2n1. The molecule has 0 aliphatic carbocycles. The summed E-state index contributed by atoms with van der Waals surface area (Å²) in [7, 11) is 0. The van der Waals surface area contributed by atoms with Gasteiger partial charge in [0.05, 0.1) is 0 Å². The molecular weight excluding hydrogens is 208 g/mol. The number of fused-ring (bicyclic) bond motifs is 1. The molecule has 0 aliphatic rings. The van der Waals surface area contributed by atoms with Crippen LogP contribution in [0.4, 0.5) is 11.6 Å². The van der Waals surface area contributed by atoms with Gasteiger partial charge < -0.3 is 10.6 Å². The lowest BCUT2D eigenvalue weighted by Gasteiger charge is -2.02. The third-order valence-corrected chi connectivity index (χ3v) is 1.97. The summed E-state index contributed by atoms with van der Waals surface area (Å²) in [5.41, 5.74) is 0.457. The molecule has 0 fully saturated rings. The lowest BCUT2D eigenvalue weighted by Crippen LogP contribution is -2.00. The molecule has 0 saturated heterocycles. The summed E-state index contributed by atoms with van der Waals surface area (Å²) in [6.45, 7) is 0. The van der Waals surface area contributed by atoms with Gasteiger partial charge >= 0.3 is 0 Å². The number of hydrogen-bond donors (Lipinski definition) is 2. The standard InChI is InChI=1S/C10H8N4O2/c15-5-11-8-3-1-7-2-4-9(12-6-16)14-10(7)13-8/h1-6H,(H2,11,12,13,14,15,16). The van der Waals surface area contributed by atoms with E-state index in [1.165, 1.54) is 0 Å². The quantitative estimate of drug-likeness (QED) is 0.739. The fraction of sp³-hybridized carbons (Fsp3) is 0. The minimum Gasteiger partial charge on any atom is -0.313 e. The van der Waals surface area contributed by atoms with Gasteiger partial charge in [-0.2, -0.15) is 0 Å². The topological polar surface area (TPSA) is 84.0 Å². The number of anilines is 2. The molecule has 2 heterocycles. The van der Waals surface area contributed by atoms with Crippen LogP contribution in [0, 0.1) is 0 Å². The van der Waals surface area contributed by atoms with Crippen LogP contribution < -0.4 is 10.6 Å². The molecule has 0 bridgehead atoms. The van der Waals surface area contributed by atoms with Crippen LogP contribution in [0.3, 0.4) is 0 Å². The first-order valence-electron chi connectivity index (χ1n) is 4.51. The highest BCUT2D eigenvalue weighted by molar-refractivity contribution is 5.82. The maximum atomic E-state index is 10.2. The average molecular weight is 216 g/mol. The number of rotatable bonds is 4. The Balaban J connectivity index is 2.47. The van der Waals surface area contributed by atoms with Crippen molar-refractivity contribution in [2.75, 3.05) is 10.6 Å². The number of aromatic nitrogens is 2. The Kier molecular flexibility index (Phi) is 2.73. The zero-order chi connectivity index (χ0) is 11.4. The number of pyridine rings is 2. The van der Waals surface area contributed by atoms with Gasteiger partial charge in [-0.3, -0.25) is 9.59 Å². The Morgan fingerprint density at radius 2 is 1.38 bits per heavy atom. The smallest absolute Gasteiger partial charge is 0.212 e. The molecule has 2 N–H and O–H groups in total. The number of amides is 2. The van der Waals surface area contributed by atoms with Gasteiger partial charge in [0.25, 0.3) is 0 Å². The van der Waals surface area contributed by atoms with Crippen molar-refractivity contribution in [1.82, 2.24) is 9.97 Å². The van der Waals surface area contributed by atoms with Crippen molar-refractivity contribution in [3.63, 3.8) is 0 Å². The second-order valence-electron chi connectivity index (χ2n) is 2.96. The van der Waals surface area contributed by atoms with E-state index < -0.39 is 0 Å². The van der Waals surface area contributed by atoms with Crippen LogP contribution in [0.15, 0.2) is 24.3 Å². The van der Waals surface area contributed by atoms with Gasteiger partial charge in [-0.15, -0.1) is 0 Å². The Morgan fingerprint density at radius 3 is 1.81 bits per heavy atom. The number of hydrogen-bond acceptors (Lipinski definition) is 4. The molecule has 16 heavy (non-hydrogen) atoms. The van der Waals surface area contributed by atoms with Gasteiger partial charge in [-0.1, -0.05) is 0 Å². The van der Waals surface area contributed by atoms with Crippen LogP contribution in [-0.2, 0) is 9.59 Å². The average Bonchev–Trinajstić information content (AvgIpc) is 2.29. The molecular formula is C10H8N4O2. The summed E-state index contributed by atoms with van der Waals surface area (Å²) in [6.07, 6.45) is 1.09. The molecule has 0 spiro atoms. The first-order valence-corrected chi connectivity index (χ1v) is 4.51. The Morgan fingerprint density at radius 1 is 0.875 bits per heavy atom. The normalized spacial score (nSPS) is 9.75. The maximum absolute atomic E-state index is 10.2. The number of carbonyl (C=O) groups excluding carboxylic acids is 2. The first kappa shape index (κ1) is 10.0. The Bertz CT molecular complexity index is 497. The third-order valence-electron chi connectivity index (χ3n) is 1.97. The van der Waals surface area contributed by atoms with Gasteiger partial charge in [0.2, 0.25) is 12.8 Å². The second kappa shape index (κ2) is 4.35. The summed E-state index contributed by atoms with van der Waals surface area (Å²) >= 11 is 0. The van der Waals surface area contributed by atoms with Crippen LogP contribution in [-0.4, -0.2) is 22.8 Å². The number of nitrogens with zero attached hydrogens (tertiary/aromatic N) is 2. The predicted molar refractivity (Wildman–Crippen MR) is 58.9 cm³/mol. The molecule has 6 nitrogen and oxygen atoms in total. The molecule has 0 radical (unpaired) electrons. The van der Waals surface area contributed by atoms with Gasteiger partial charge in [-0.05, 0) is 24.3 Å². The molecule has 6 heteroatoms. The molecule has 80 valence electrons. The van der Waals surface area contributed by atoms with E-state index in [2.05, 4.69) is 20.6 Å². The van der Waals surface area contributed by atoms with Gasteiger partial charge in [0.15, 0.2) is 5.65 Å². The van der Waals surface area contributed by atoms with Gasteiger partial charge in [0.1, 0.15) is 11.6 Å². The predicted octanol–water partition coefficient (Wildman–Crippen LogP) is 0.766. The van der Waals surface area contributed by atoms with E-state index in [4.69, 9.17) is 0 Å². The van der Waals surface area contributed by atoms with Crippen LogP contribution in [0.1, 0.15) is 0 Å². The second-order valence-corrected chi connectivity index (χ2v) is 2.96. The van der Waals surface area contributed by atoms with E-state index in [1.807, 2.05) is 0 Å². The highest BCUT2D eigenvalue weighted by Crippen LogP contribution is 2.15. The van der Waals surface area contributed by atoms with Crippen molar-refractivity contribution in [3.05, 3.63) is 24.3 Å². The molecule has 0 unspecified atom stereocenters. The molecule has 2 aromatic heterocycles. The molecule has 2 amide bonds. The van der Waals surface area contributed by atoms with E-state index in [0.29, 0.717) is 30.1 Å². The number of carbonyl (C=O) groups is 2. The third kappa shape index (κ3) is 1.95. The fourth-order valence-corrected chi connectivity index (χ4v) is 1.28. The lowest BCUT2D eigenvalue weighted by atomic mass is 10.3. The van der Waals surface area contributed by atoms with E-state index in [-0.39, 0.29) is 0 Å². The van der Waals surface area contributed by atoms with E-state index in [1.54, 1.807) is 24.3 Å². The summed E-state index contributed by atoms with van der Waals surface area (Å²) in [4.78, 5) is 28.7. The highest BCUT2D eigenvalue weighted by Gasteiger charge is 2.00. The van der Waals surface area contributed by atoms with Crippen LogP contribution in [0.2, 0.25) is 0 Å². The van der Waals surface area contributed by atoms with Gasteiger partial charge in [-0.25, -0.2) is 9.97 Å². The molecule has 2 rings (SSSR count). The van der Waals surface area contributed by atoms with E-state index in [0.717, 1.165) is 5.39 Å². The maximum Gasteiger partial charge on any atom is 0.212 e. The van der Waals surface area contributed by atoms with Crippen molar-refractivity contribution in [2.45, 2.75) is 0 Å². The Labute approximate surface area is 90.7 Å². The van der Waals surface area contributed by atoms with Crippen molar-refractivity contribution in [2.24, 2.45) is 0 Å². The summed E-state index contributed by atoms with van der Waals surface area (Å²) in [5.74, 6) is 0.830. The Hall–Kier alpha value is -2.50. The first-order chi connectivity index (χ1) is 7.83. The molecule has 0 aromatic carbocycles. The number of nitrogens with one attached hydrogen (secondary N) is 2. The summed E-state index contributed by atoms with van der Waals surface area (Å²) in [6, 6.07) is 6.91. The summed E-state index contributed by atoms with van der Waals surface area (Å²) in [5, 5.41) is 5.69. The largest absolute Gasteiger partial charge is 0.313 e. The molecule has 0 saturated carbocycles. The lowest BCUT2D eigenvalue weighted by molar-refractivity contribution is -0.106. The van der Waals surface area contributed by atoms with Crippen molar-refractivity contribution in [1.29, 1.82) is 0 Å². The van der Waals surface area contributed by atoms with Crippen molar-refractivity contribution < 1.29 is 9.59 Å². The van der Waals surface area contributed by atoms with Crippen molar-refractivity contribution in [3.8, 4) is 0 Å². The zero-order valence-corrected chi connectivity index (χ0v) is 8.18. The van der Waals surface area contributed by atoms with Crippen molar-refractivity contribution >= 4 is 35.5 Å². The molecule has 2 aromatic rings. The molecule has 0 atom stereocenters. The van der Waals surface area contributed by atoms with E-state index in [9.17, 15) is 9.59 Å². The fourth-order valence-electron chi connectivity index (χ4n) is 1.28. The molecule has 0 aliphatic heterocycles. The summed E-state index contributed by atoms with van der Waals surface area (Å²) < 4.78 is 0. The minimum absolute atomic E-state index is 0.415. The van der Waals surface area contributed by atoms with Gasteiger partial charge in [0, 0.05) is 5.39 Å².